The number of para-hydroxylation sites is 1. The van der Waals surface area contributed by atoms with E-state index in [4.69, 9.17) is 4.98 Å². The topological polar surface area (TPSA) is 83.2 Å². The summed E-state index contributed by atoms with van der Waals surface area (Å²) in [5.74, 6) is 1.09. The Morgan fingerprint density at radius 1 is 1.03 bits per heavy atom. The van der Waals surface area contributed by atoms with Crippen molar-refractivity contribution in [2.75, 3.05) is 31.1 Å². The Morgan fingerprint density at radius 3 is 2.45 bits per heavy atom. The number of hydrogen-bond acceptors (Lipinski definition) is 8. The van der Waals surface area contributed by atoms with Crippen LogP contribution in [0, 0.1) is 0 Å². The number of aromatic hydroxyl groups is 1. The summed E-state index contributed by atoms with van der Waals surface area (Å²) in [5, 5.41) is 23.8. The highest BCUT2D eigenvalue weighted by atomic mass is 32.1. The first kappa shape index (κ1) is 21.8. The quantitative estimate of drug-likeness (QED) is 0.462. The van der Waals surface area contributed by atoms with E-state index in [0.717, 1.165) is 54.6 Å². The van der Waals surface area contributed by atoms with Gasteiger partial charge in [0, 0.05) is 26.2 Å². The standard InChI is InChI=1S/C24H29N7OS/c1-4-24(2,3)31-22(26-27-28-31)21(17-9-11-18(32)12-10-17)29-13-15-30(16-14-29)23-25-19-7-5-6-8-20(19)33-23/h5-12,21,32H,4,13-16H2,1-3H3. The minimum atomic E-state index is -0.198. The lowest BCUT2D eigenvalue weighted by atomic mass is 9.99. The van der Waals surface area contributed by atoms with Crippen LogP contribution in [0.15, 0.2) is 48.5 Å². The lowest BCUT2D eigenvalue weighted by Gasteiger charge is -2.39. The molecule has 5 rings (SSSR count). The van der Waals surface area contributed by atoms with Crippen molar-refractivity contribution in [2.45, 2.75) is 38.8 Å². The average molecular weight is 464 g/mol. The molecule has 8 nitrogen and oxygen atoms in total. The molecular formula is C24H29N7OS. The van der Waals surface area contributed by atoms with E-state index in [1.54, 1.807) is 23.5 Å². The van der Waals surface area contributed by atoms with E-state index in [2.05, 4.69) is 64.3 Å². The summed E-state index contributed by atoms with van der Waals surface area (Å²) in [7, 11) is 0. The summed E-state index contributed by atoms with van der Waals surface area (Å²) < 4.78 is 3.18. The lowest BCUT2D eigenvalue weighted by Crippen LogP contribution is -2.48. The molecule has 2 aromatic heterocycles. The molecule has 33 heavy (non-hydrogen) atoms. The first-order valence-corrected chi connectivity index (χ1v) is 12.2. The average Bonchev–Trinajstić information content (AvgIpc) is 3.49. The normalized spacial score (nSPS) is 16.4. The molecular weight excluding hydrogens is 434 g/mol. The van der Waals surface area contributed by atoms with Gasteiger partial charge in [-0.3, -0.25) is 4.90 Å². The second-order valence-corrected chi connectivity index (χ2v) is 10.1. The van der Waals surface area contributed by atoms with Crippen LogP contribution in [-0.4, -0.2) is 61.4 Å². The largest absolute Gasteiger partial charge is 0.508 e. The molecule has 1 atom stereocenters. The second-order valence-electron chi connectivity index (χ2n) is 9.10. The fourth-order valence-electron chi connectivity index (χ4n) is 4.29. The first-order valence-electron chi connectivity index (χ1n) is 11.4. The summed E-state index contributed by atoms with van der Waals surface area (Å²) >= 11 is 1.75. The summed E-state index contributed by atoms with van der Waals surface area (Å²) in [5.41, 5.74) is 1.93. The molecule has 3 heterocycles. The summed E-state index contributed by atoms with van der Waals surface area (Å²) in [6.07, 6.45) is 0.915. The van der Waals surface area contributed by atoms with Gasteiger partial charge >= 0.3 is 0 Å². The number of piperazine rings is 1. The summed E-state index contributed by atoms with van der Waals surface area (Å²) in [6, 6.07) is 15.6. The van der Waals surface area contributed by atoms with E-state index >= 15 is 0 Å². The molecule has 0 bridgehead atoms. The number of nitrogens with zero attached hydrogens (tertiary/aromatic N) is 7. The third-order valence-electron chi connectivity index (χ3n) is 6.62. The SMILES string of the molecule is CCC(C)(C)n1nnnc1C(c1ccc(O)cc1)N1CCN(c2nc3ccccc3s2)CC1. The molecule has 172 valence electrons. The zero-order valence-electron chi connectivity index (χ0n) is 19.2. The number of fused-ring (bicyclic) bond motifs is 1. The van der Waals surface area contributed by atoms with Gasteiger partial charge in [0.25, 0.3) is 0 Å². The highest BCUT2D eigenvalue weighted by molar-refractivity contribution is 7.22. The van der Waals surface area contributed by atoms with Crippen LogP contribution in [0.4, 0.5) is 5.13 Å². The summed E-state index contributed by atoms with van der Waals surface area (Å²) in [6.45, 7) is 9.96. The van der Waals surface area contributed by atoms with Gasteiger partial charge in [0.15, 0.2) is 11.0 Å². The van der Waals surface area contributed by atoms with Gasteiger partial charge in [-0.1, -0.05) is 42.5 Å². The molecule has 1 aliphatic heterocycles. The van der Waals surface area contributed by atoms with Crippen LogP contribution < -0.4 is 4.90 Å². The molecule has 9 heteroatoms. The lowest BCUT2D eigenvalue weighted by molar-refractivity contribution is 0.187. The number of thiazole rings is 1. The zero-order valence-corrected chi connectivity index (χ0v) is 20.0. The highest BCUT2D eigenvalue weighted by Gasteiger charge is 2.34. The van der Waals surface area contributed by atoms with E-state index in [-0.39, 0.29) is 17.3 Å². The van der Waals surface area contributed by atoms with Crippen LogP contribution in [0.5, 0.6) is 5.75 Å². The van der Waals surface area contributed by atoms with E-state index in [0.29, 0.717) is 0 Å². The molecule has 0 saturated carbocycles. The van der Waals surface area contributed by atoms with Crippen molar-refractivity contribution in [3.63, 3.8) is 0 Å². The summed E-state index contributed by atoms with van der Waals surface area (Å²) in [4.78, 5) is 9.65. The van der Waals surface area contributed by atoms with Gasteiger partial charge in [-0.05, 0) is 60.5 Å². The highest BCUT2D eigenvalue weighted by Crippen LogP contribution is 2.34. The smallest absolute Gasteiger partial charge is 0.186 e. The number of phenolic OH excluding ortho intramolecular Hbond substituents is 1. The maximum Gasteiger partial charge on any atom is 0.186 e. The number of hydrogen-bond donors (Lipinski definition) is 1. The molecule has 1 fully saturated rings. The van der Waals surface area contributed by atoms with Crippen LogP contribution in [0.3, 0.4) is 0 Å². The molecule has 2 aromatic carbocycles. The van der Waals surface area contributed by atoms with Crippen LogP contribution in [0.25, 0.3) is 10.2 Å². The van der Waals surface area contributed by atoms with Crippen LogP contribution >= 0.6 is 11.3 Å². The van der Waals surface area contributed by atoms with Crippen molar-refractivity contribution in [3.05, 3.63) is 59.9 Å². The molecule has 1 aliphatic rings. The Balaban J connectivity index is 1.43. The first-order chi connectivity index (χ1) is 16.0. The second kappa shape index (κ2) is 8.72. The van der Waals surface area contributed by atoms with Gasteiger partial charge in [-0.2, -0.15) is 0 Å². The van der Waals surface area contributed by atoms with Gasteiger partial charge in [0.2, 0.25) is 0 Å². The monoisotopic (exact) mass is 463 g/mol. The van der Waals surface area contributed by atoms with Gasteiger partial charge in [0.05, 0.1) is 21.8 Å². The van der Waals surface area contributed by atoms with Crippen LogP contribution in [0.2, 0.25) is 0 Å². The molecule has 0 aliphatic carbocycles. The van der Waals surface area contributed by atoms with Crippen molar-refractivity contribution in [3.8, 4) is 5.75 Å². The number of anilines is 1. The predicted octanol–water partition coefficient (Wildman–Crippen LogP) is 4.05. The number of rotatable bonds is 6. The number of benzene rings is 2. The minimum absolute atomic E-state index is 0.0936. The molecule has 4 aromatic rings. The Hall–Kier alpha value is -3.04. The van der Waals surface area contributed by atoms with Gasteiger partial charge in [0.1, 0.15) is 5.75 Å². The van der Waals surface area contributed by atoms with Crippen molar-refractivity contribution in [1.29, 1.82) is 0 Å². The Bertz CT molecular complexity index is 1190. The minimum Gasteiger partial charge on any atom is -0.508 e. The molecule has 0 amide bonds. The zero-order chi connectivity index (χ0) is 23.0. The molecule has 1 saturated heterocycles. The van der Waals surface area contributed by atoms with E-state index in [1.807, 2.05) is 22.9 Å². The number of phenols is 1. The van der Waals surface area contributed by atoms with Crippen LogP contribution in [0.1, 0.15) is 44.6 Å². The van der Waals surface area contributed by atoms with Crippen molar-refractivity contribution < 1.29 is 5.11 Å². The van der Waals surface area contributed by atoms with Crippen molar-refractivity contribution in [2.24, 2.45) is 0 Å². The van der Waals surface area contributed by atoms with Gasteiger partial charge in [-0.15, -0.1) is 5.10 Å². The molecule has 1 unspecified atom stereocenters. The Kier molecular flexibility index (Phi) is 5.76. The number of aromatic nitrogens is 5. The fourth-order valence-corrected chi connectivity index (χ4v) is 5.31. The van der Waals surface area contributed by atoms with Crippen molar-refractivity contribution >= 4 is 26.7 Å². The number of tetrazole rings is 1. The van der Waals surface area contributed by atoms with Gasteiger partial charge in [-0.25, -0.2) is 9.67 Å². The van der Waals surface area contributed by atoms with E-state index < -0.39 is 0 Å². The fraction of sp³-hybridized carbons (Fsp3) is 0.417. The third-order valence-corrected chi connectivity index (χ3v) is 7.72. The maximum absolute atomic E-state index is 9.85. The Morgan fingerprint density at radius 2 is 1.76 bits per heavy atom. The van der Waals surface area contributed by atoms with Gasteiger partial charge < -0.3 is 10.0 Å². The third kappa shape index (κ3) is 4.18. The maximum atomic E-state index is 9.85. The van der Waals surface area contributed by atoms with E-state index in [1.165, 1.54) is 4.70 Å². The molecule has 1 N–H and O–H groups in total. The predicted molar refractivity (Wildman–Crippen MR) is 131 cm³/mol. The van der Waals surface area contributed by atoms with Crippen molar-refractivity contribution in [1.82, 2.24) is 30.1 Å². The van der Waals surface area contributed by atoms with Crippen LogP contribution in [-0.2, 0) is 5.54 Å². The Labute approximate surface area is 197 Å². The molecule has 0 radical (unpaired) electrons. The molecule has 0 spiro atoms. The van der Waals surface area contributed by atoms with E-state index in [9.17, 15) is 5.11 Å².